The fourth-order valence-electron chi connectivity index (χ4n) is 6.46. The van der Waals surface area contributed by atoms with Crippen molar-refractivity contribution in [3.63, 3.8) is 0 Å². The van der Waals surface area contributed by atoms with E-state index in [9.17, 15) is 0 Å². The molecule has 0 aliphatic carbocycles. The van der Waals surface area contributed by atoms with Crippen LogP contribution in [0.1, 0.15) is 0 Å². The Labute approximate surface area is 241 Å². The lowest BCUT2D eigenvalue weighted by Gasteiger charge is -2.11. The molecule has 196 valence electrons. The highest BCUT2D eigenvalue weighted by atomic mass is 15.0. The van der Waals surface area contributed by atoms with E-state index < -0.39 is 0 Å². The van der Waals surface area contributed by atoms with Crippen LogP contribution in [0.25, 0.3) is 77.1 Å². The average Bonchev–Trinajstić information content (AvgIpc) is 3.57. The molecule has 0 unspecified atom stereocenters. The SMILES string of the molecule is c1ccc(-n2c3ccccc3c3cc4c(ccc5c6ccccc6n(-c6cnc(-c7ccncc7)nc6)c45)cc32)cc1. The first kappa shape index (κ1) is 22.9. The molecule has 9 aromatic rings. The fraction of sp³-hybridized carbons (Fsp3) is 0. The van der Waals surface area contributed by atoms with Gasteiger partial charge in [0.1, 0.15) is 0 Å². The first-order valence-corrected chi connectivity index (χ1v) is 14.0. The van der Waals surface area contributed by atoms with Crippen molar-refractivity contribution in [2.75, 3.05) is 0 Å². The predicted octanol–water partition coefficient (Wildman–Crippen LogP) is 8.89. The van der Waals surface area contributed by atoms with Crippen molar-refractivity contribution in [3.05, 3.63) is 140 Å². The number of benzene rings is 5. The molecule has 4 heterocycles. The Morgan fingerprint density at radius 2 is 1.12 bits per heavy atom. The standard InChI is InChI=1S/C37H23N5/c1-2-8-26(9-3-1)41-33-12-6-5-11-29(33)32-21-31-25(20-35(32)41)14-15-30-28-10-4-7-13-34(28)42(36(30)31)27-22-39-37(40-23-27)24-16-18-38-19-17-24/h1-23H. The molecular formula is C37H23N5. The maximum atomic E-state index is 4.76. The van der Waals surface area contributed by atoms with Gasteiger partial charge in [-0.3, -0.25) is 4.98 Å². The molecule has 4 aromatic heterocycles. The van der Waals surface area contributed by atoms with Crippen molar-refractivity contribution in [1.29, 1.82) is 0 Å². The molecule has 5 aromatic carbocycles. The highest BCUT2D eigenvalue weighted by Crippen LogP contribution is 2.40. The minimum Gasteiger partial charge on any atom is -0.309 e. The second-order valence-corrected chi connectivity index (χ2v) is 10.6. The summed E-state index contributed by atoms with van der Waals surface area (Å²) in [5.41, 5.74) is 7.72. The molecule has 0 bridgehead atoms. The maximum absolute atomic E-state index is 4.76. The van der Waals surface area contributed by atoms with Crippen molar-refractivity contribution >= 4 is 54.4 Å². The Balaban J connectivity index is 1.38. The van der Waals surface area contributed by atoms with Crippen LogP contribution in [0.15, 0.2) is 140 Å². The van der Waals surface area contributed by atoms with Gasteiger partial charge in [0.05, 0.1) is 40.1 Å². The van der Waals surface area contributed by atoms with Gasteiger partial charge in [-0.2, -0.15) is 0 Å². The summed E-state index contributed by atoms with van der Waals surface area (Å²) >= 11 is 0. The van der Waals surface area contributed by atoms with Crippen LogP contribution in [0.4, 0.5) is 0 Å². The largest absolute Gasteiger partial charge is 0.309 e. The van der Waals surface area contributed by atoms with E-state index >= 15 is 0 Å². The summed E-state index contributed by atoms with van der Waals surface area (Å²) in [7, 11) is 0. The number of aromatic nitrogens is 5. The molecule has 0 fully saturated rings. The molecule has 0 aliphatic heterocycles. The number of fused-ring (bicyclic) bond motifs is 8. The molecule has 0 N–H and O–H groups in total. The minimum absolute atomic E-state index is 0.683. The van der Waals surface area contributed by atoms with Crippen molar-refractivity contribution in [1.82, 2.24) is 24.1 Å². The second-order valence-electron chi connectivity index (χ2n) is 10.6. The van der Waals surface area contributed by atoms with E-state index in [1.165, 1.54) is 43.4 Å². The van der Waals surface area contributed by atoms with Gasteiger partial charge in [-0.1, -0.05) is 66.7 Å². The van der Waals surface area contributed by atoms with Gasteiger partial charge in [-0.15, -0.1) is 0 Å². The number of hydrogen-bond acceptors (Lipinski definition) is 3. The van der Waals surface area contributed by atoms with E-state index in [1.807, 2.05) is 24.5 Å². The number of para-hydroxylation sites is 3. The summed E-state index contributed by atoms with van der Waals surface area (Å²) in [6.07, 6.45) is 7.38. The van der Waals surface area contributed by atoms with E-state index in [-0.39, 0.29) is 0 Å². The second kappa shape index (κ2) is 8.85. The summed E-state index contributed by atoms with van der Waals surface area (Å²) < 4.78 is 4.68. The van der Waals surface area contributed by atoms with Gasteiger partial charge >= 0.3 is 0 Å². The van der Waals surface area contributed by atoms with Crippen LogP contribution in [0.2, 0.25) is 0 Å². The zero-order valence-electron chi connectivity index (χ0n) is 22.5. The Bertz CT molecular complexity index is 2440. The van der Waals surface area contributed by atoms with Crippen LogP contribution in [-0.4, -0.2) is 24.1 Å². The Kier molecular flexibility index (Phi) is 4.83. The topological polar surface area (TPSA) is 48.5 Å². The first-order valence-electron chi connectivity index (χ1n) is 14.0. The van der Waals surface area contributed by atoms with Gasteiger partial charge < -0.3 is 9.13 Å². The monoisotopic (exact) mass is 537 g/mol. The molecule has 5 heteroatoms. The highest BCUT2D eigenvalue weighted by molar-refractivity contribution is 6.22. The lowest BCUT2D eigenvalue weighted by Crippen LogP contribution is -1.98. The average molecular weight is 538 g/mol. The summed E-state index contributed by atoms with van der Waals surface area (Å²) in [5, 5.41) is 7.28. The molecule has 0 atom stereocenters. The summed E-state index contributed by atoms with van der Waals surface area (Å²) in [6.45, 7) is 0. The minimum atomic E-state index is 0.683. The Morgan fingerprint density at radius 3 is 1.88 bits per heavy atom. The lowest BCUT2D eigenvalue weighted by atomic mass is 10.0. The maximum Gasteiger partial charge on any atom is 0.159 e. The lowest BCUT2D eigenvalue weighted by molar-refractivity contribution is 1.08. The zero-order chi connectivity index (χ0) is 27.6. The van der Waals surface area contributed by atoms with Gasteiger partial charge in [-0.05, 0) is 53.9 Å². The molecule has 0 amide bonds. The quantitative estimate of drug-likeness (QED) is 0.226. The summed E-state index contributed by atoms with van der Waals surface area (Å²) in [6, 6.07) is 40.9. The third-order valence-corrected chi connectivity index (χ3v) is 8.29. The Morgan fingerprint density at radius 1 is 0.452 bits per heavy atom. The van der Waals surface area contributed by atoms with Gasteiger partial charge in [0.2, 0.25) is 0 Å². The van der Waals surface area contributed by atoms with E-state index in [4.69, 9.17) is 9.97 Å². The van der Waals surface area contributed by atoms with E-state index in [0.29, 0.717) is 5.82 Å². The van der Waals surface area contributed by atoms with E-state index in [0.717, 1.165) is 28.0 Å². The van der Waals surface area contributed by atoms with Gasteiger partial charge in [0.15, 0.2) is 5.82 Å². The van der Waals surface area contributed by atoms with Crippen LogP contribution < -0.4 is 0 Å². The summed E-state index contributed by atoms with van der Waals surface area (Å²) in [4.78, 5) is 13.7. The molecule has 0 aliphatic rings. The van der Waals surface area contributed by atoms with Gasteiger partial charge in [0.25, 0.3) is 0 Å². The number of nitrogens with zero attached hydrogens (tertiary/aromatic N) is 5. The molecule has 5 nitrogen and oxygen atoms in total. The molecule has 0 saturated heterocycles. The van der Waals surface area contributed by atoms with E-state index in [2.05, 4.69) is 117 Å². The highest BCUT2D eigenvalue weighted by Gasteiger charge is 2.18. The molecule has 0 saturated carbocycles. The van der Waals surface area contributed by atoms with E-state index in [1.54, 1.807) is 12.4 Å². The van der Waals surface area contributed by atoms with Gasteiger partial charge in [-0.25, -0.2) is 9.97 Å². The van der Waals surface area contributed by atoms with Gasteiger partial charge in [0, 0.05) is 50.6 Å². The molecule has 42 heavy (non-hydrogen) atoms. The molecular weight excluding hydrogens is 514 g/mol. The van der Waals surface area contributed by atoms with Crippen LogP contribution in [0, 0.1) is 0 Å². The van der Waals surface area contributed by atoms with Crippen LogP contribution in [0.3, 0.4) is 0 Å². The fourth-order valence-corrected chi connectivity index (χ4v) is 6.46. The van der Waals surface area contributed by atoms with Crippen molar-refractivity contribution in [2.24, 2.45) is 0 Å². The molecule has 9 rings (SSSR count). The van der Waals surface area contributed by atoms with Crippen molar-refractivity contribution in [3.8, 4) is 22.8 Å². The van der Waals surface area contributed by atoms with Crippen molar-refractivity contribution < 1.29 is 0 Å². The third kappa shape index (κ3) is 3.28. The molecule has 0 radical (unpaired) electrons. The predicted molar refractivity (Wildman–Crippen MR) is 171 cm³/mol. The smallest absolute Gasteiger partial charge is 0.159 e. The summed E-state index contributed by atoms with van der Waals surface area (Å²) in [5.74, 6) is 0.683. The number of pyridine rings is 1. The number of rotatable bonds is 3. The van der Waals surface area contributed by atoms with Crippen LogP contribution in [0.5, 0.6) is 0 Å². The Hall–Kier alpha value is -5.81. The first-order chi connectivity index (χ1) is 20.8. The van der Waals surface area contributed by atoms with Crippen LogP contribution >= 0.6 is 0 Å². The van der Waals surface area contributed by atoms with Crippen LogP contribution in [-0.2, 0) is 0 Å². The third-order valence-electron chi connectivity index (χ3n) is 8.29. The van der Waals surface area contributed by atoms with Crippen molar-refractivity contribution in [2.45, 2.75) is 0 Å². The molecule has 0 spiro atoms. The number of hydrogen-bond donors (Lipinski definition) is 0. The zero-order valence-corrected chi connectivity index (χ0v) is 22.5. The normalized spacial score (nSPS) is 11.8.